The number of aryl methyl sites for hydroxylation is 2. The van der Waals surface area contributed by atoms with E-state index in [0.717, 1.165) is 16.6 Å². The van der Waals surface area contributed by atoms with E-state index in [9.17, 15) is 9.59 Å². The Labute approximate surface area is 144 Å². The van der Waals surface area contributed by atoms with Gasteiger partial charge >= 0.3 is 0 Å². The molecule has 0 aliphatic carbocycles. The molecule has 0 spiro atoms. The van der Waals surface area contributed by atoms with Gasteiger partial charge in [0.25, 0.3) is 5.56 Å². The predicted octanol–water partition coefficient (Wildman–Crippen LogP) is 2.07. The van der Waals surface area contributed by atoms with Crippen molar-refractivity contribution < 1.29 is 9.53 Å². The fourth-order valence-electron chi connectivity index (χ4n) is 3.27. The average molecular weight is 337 g/mol. The second-order valence-corrected chi connectivity index (χ2v) is 6.34. The lowest BCUT2D eigenvalue weighted by Gasteiger charge is -2.30. The number of hydrogen-bond donors (Lipinski definition) is 0. The zero-order valence-corrected chi connectivity index (χ0v) is 14.2. The van der Waals surface area contributed by atoms with Crippen LogP contribution in [0, 0.1) is 6.92 Å². The number of carbonyl (C=O) groups is 1. The van der Waals surface area contributed by atoms with E-state index in [1.807, 2.05) is 50.5 Å². The number of amides is 1. The summed E-state index contributed by atoms with van der Waals surface area (Å²) in [6.07, 6.45) is 3.53. The number of aromatic nitrogens is 2. The first kappa shape index (κ1) is 15.5. The van der Waals surface area contributed by atoms with Crippen LogP contribution in [0.3, 0.4) is 0 Å². The number of nitrogens with zero attached hydrogens (tertiary/aromatic N) is 3. The molecular formula is C19H19N3O3. The van der Waals surface area contributed by atoms with Crippen LogP contribution in [0.4, 0.5) is 5.69 Å². The Bertz CT molecular complexity index is 1030. The normalized spacial score (nSPS) is 13.6. The molecule has 3 heterocycles. The minimum Gasteiger partial charge on any atom is -0.490 e. The smallest absolute Gasteiger partial charge is 0.275 e. The molecule has 0 fully saturated rings. The maximum Gasteiger partial charge on any atom is 0.275 e. The van der Waals surface area contributed by atoms with Crippen molar-refractivity contribution in [3.8, 4) is 5.75 Å². The molecule has 1 aliphatic rings. The predicted molar refractivity (Wildman–Crippen MR) is 96.2 cm³/mol. The Morgan fingerprint density at radius 1 is 1.20 bits per heavy atom. The summed E-state index contributed by atoms with van der Waals surface area (Å²) in [5, 5.41) is 0.878. The molecule has 1 amide bonds. The van der Waals surface area contributed by atoms with Crippen molar-refractivity contribution in [2.75, 3.05) is 18.1 Å². The summed E-state index contributed by atoms with van der Waals surface area (Å²) in [6, 6.07) is 9.54. The van der Waals surface area contributed by atoms with Gasteiger partial charge in [-0.25, -0.2) is 0 Å². The first-order chi connectivity index (χ1) is 12.0. The number of fused-ring (bicyclic) bond motifs is 2. The molecule has 6 nitrogen and oxygen atoms in total. The number of ether oxygens (including phenoxy) is 1. The quantitative estimate of drug-likeness (QED) is 0.719. The van der Waals surface area contributed by atoms with Crippen molar-refractivity contribution in [3.63, 3.8) is 0 Å². The fourth-order valence-corrected chi connectivity index (χ4v) is 3.27. The molecule has 2 aromatic heterocycles. The van der Waals surface area contributed by atoms with Crippen LogP contribution in [-0.4, -0.2) is 28.2 Å². The Hall–Kier alpha value is -3.02. The van der Waals surface area contributed by atoms with Crippen molar-refractivity contribution in [1.82, 2.24) is 9.13 Å². The highest BCUT2D eigenvalue weighted by Gasteiger charge is 2.24. The second-order valence-electron chi connectivity index (χ2n) is 6.34. The maximum atomic E-state index is 12.9. The average Bonchev–Trinajstić information content (AvgIpc) is 2.98. The van der Waals surface area contributed by atoms with E-state index in [-0.39, 0.29) is 18.0 Å². The molecule has 0 atom stereocenters. The van der Waals surface area contributed by atoms with Crippen LogP contribution in [0.5, 0.6) is 5.75 Å². The van der Waals surface area contributed by atoms with E-state index in [0.29, 0.717) is 24.4 Å². The topological polar surface area (TPSA) is 56.5 Å². The van der Waals surface area contributed by atoms with Crippen molar-refractivity contribution in [2.24, 2.45) is 7.05 Å². The Kier molecular flexibility index (Phi) is 3.60. The fraction of sp³-hybridized carbons (Fsp3) is 0.263. The molecule has 0 saturated heterocycles. The van der Waals surface area contributed by atoms with Gasteiger partial charge in [0.2, 0.25) is 5.91 Å². The number of anilines is 1. The lowest BCUT2D eigenvalue weighted by Crippen LogP contribution is -2.41. The SMILES string of the molecule is Cc1ccc2c(c1)N(C(=O)Cn1ccc3ccn(C)c3c1=O)CCO2. The first-order valence-corrected chi connectivity index (χ1v) is 8.23. The van der Waals surface area contributed by atoms with Gasteiger partial charge in [-0.1, -0.05) is 6.07 Å². The number of rotatable bonds is 2. The van der Waals surface area contributed by atoms with E-state index in [1.165, 1.54) is 4.57 Å². The van der Waals surface area contributed by atoms with Crippen molar-refractivity contribution >= 4 is 22.5 Å². The number of hydrogen-bond acceptors (Lipinski definition) is 3. The van der Waals surface area contributed by atoms with Crippen LogP contribution in [0.25, 0.3) is 10.9 Å². The van der Waals surface area contributed by atoms with E-state index in [4.69, 9.17) is 4.74 Å². The van der Waals surface area contributed by atoms with Gasteiger partial charge in [-0.2, -0.15) is 0 Å². The third-order valence-electron chi connectivity index (χ3n) is 4.59. The summed E-state index contributed by atoms with van der Waals surface area (Å²) < 4.78 is 8.88. The monoisotopic (exact) mass is 337 g/mol. The van der Waals surface area contributed by atoms with Crippen molar-refractivity contribution in [1.29, 1.82) is 0 Å². The van der Waals surface area contributed by atoms with Gasteiger partial charge in [0.05, 0.1) is 12.2 Å². The summed E-state index contributed by atoms with van der Waals surface area (Å²) in [6.45, 7) is 2.92. The van der Waals surface area contributed by atoms with Gasteiger partial charge < -0.3 is 18.8 Å². The zero-order valence-electron chi connectivity index (χ0n) is 14.2. The molecule has 0 saturated carbocycles. The number of carbonyl (C=O) groups excluding carboxylic acids is 1. The molecule has 0 N–H and O–H groups in total. The molecule has 1 aromatic carbocycles. The van der Waals surface area contributed by atoms with Crippen LogP contribution in [0.1, 0.15) is 5.56 Å². The number of pyridine rings is 1. The van der Waals surface area contributed by atoms with Gasteiger partial charge in [0.15, 0.2) is 0 Å². The summed E-state index contributed by atoms with van der Waals surface area (Å²) in [7, 11) is 1.83. The highest BCUT2D eigenvalue weighted by Crippen LogP contribution is 2.32. The molecule has 1 aliphatic heterocycles. The molecule has 4 rings (SSSR count). The van der Waals surface area contributed by atoms with Crippen molar-refractivity contribution in [2.45, 2.75) is 13.5 Å². The Morgan fingerprint density at radius 3 is 2.84 bits per heavy atom. The van der Waals surface area contributed by atoms with Gasteiger partial charge in [-0.3, -0.25) is 9.59 Å². The van der Waals surface area contributed by atoms with Crippen LogP contribution >= 0.6 is 0 Å². The minimum absolute atomic E-state index is 0.00728. The lowest BCUT2D eigenvalue weighted by atomic mass is 10.1. The lowest BCUT2D eigenvalue weighted by molar-refractivity contribution is -0.119. The molecule has 3 aromatic rings. The van der Waals surface area contributed by atoms with Gasteiger partial charge in [-0.05, 0) is 36.8 Å². The van der Waals surface area contributed by atoms with E-state index in [2.05, 4.69) is 0 Å². The van der Waals surface area contributed by atoms with Crippen LogP contribution in [0.15, 0.2) is 47.5 Å². The second kappa shape index (κ2) is 5.81. The van der Waals surface area contributed by atoms with Gasteiger partial charge in [-0.15, -0.1) is 0 Å². The van der Waals surface area contributed by atoms with Crippen LogP contribution in [-0.2, 0) is 18.4 Å². The molecule has 128 valence electrons. The molecule has 0 bridgehead atoms. The molecule has 6 heteroatoms. The molecule has 0 radical (unpaired) electrons. The Balaban J connectivity index is 1.68. The largest absolute Gasteiger partial charge is 0.490 e. The van der Waals surface area contributed by atoms with Gasteiger partial charge in [0, 0.05) is 24.8 Å². The van der Waals surface area contributed by atoms with E-state index in [1.54, 1.807) is 15.7 Å². The highest BCUT2D eigenvalue weighted by atomic mass is 16.5. The summed E-state index contributed by atoms with van der Waals surface area (Å²) >= 11 is 0. The Morgan fingerprint density at radius 2 is 2.00 bits per heavy atom. The van der Waals surface area contributed by atoms with Crippen molar-refractivity contribution in [3.05, 3.63) is 58.6 Å². The van der Waals surface area contributed by atoms with Crippen LogP contribution < -0.4 is 15.2 Å². The first-order valence-electron chi connectivity index (χ1n) is 8.23. The number of benzene rings is 1. The van der Waals surface area contributed by atoms with Crippen LogP contribution in [0.2, 0.25) is 0 Å². The maximum absolute atomic E-state index is 12.9. The van der Waals surface area contributed by atoms with E-state index < -0.39 is 0 Å². The summed E-state index contributed by atoms with van der Waals surface area (Å²) in [5.74, 6) is 0.584. The molecule has 0 unspecified atom stereocenters. The third kappa shape index (κ3) is 2.59. The molecular weight excluding hydrogens is 318 g/mol. The van der Waals surface area contributed by atoms with Gasteiger partial charge in [0.1, 0.15) is 24.4 Å². The summed E-state index contributed by atoms with van der Waals surface area (Å²) in [5.41, 5.74) is 2.28. The standard InChI is InChI=1S/C19H19N3O3/c1-13-3-4-16-15(11-13)22(9-10-25-16)17(23)12-21-8-6-14-5-7-20(2)18(14)19(21)24/h3-8,11H,9-10,12H2,1-2H3. The third-order valence-corrected chi connectivity index (χ3v) is 4.59. The van der Waals surface area contributed by atoms with E-state index >= 15 is 0 Å². The molecule has 25 heavy (non-hydrogen) atoms. The minimum atomic E-state index is -0.156. The zero-order chi connectivity index (χ0) is 17.6. The highest BCUT2D eigenvalue weighted by molar-refractivity contribution is 5.95. The summed E-state index contributed by atoms with van der Waals surface area (Å²) in [4.78, 5) is 27.2.